The van der Waals surface area contributed by atoms with Crippen LogP contribution in [0.25, 0.3) is 6.08 Å². The Kier molecular flexibility index (Phi) is 4.15. The van der Waals surface area contributed by atoms with E-state index in [-0.39, 0.29) is 28.9 Å². The molecule has 1 amide bonds. The number of thiazole rings is 1. The second-order valence-corrected chi connectivity index (χ2v) is 10.8. The molecule has 0 aromatic carbocycles. The predicted octanol–water partition coefficient (Wildman–Crippen LogP) is 4.14. The minimum Gasteiger partial charge on any atom is -0.393 e. The van der Waals surface area contributed by atoms with Gasteiger partial charge in [-0.25, -0.2) is 4.98 Å². The summed E-state index contributed by atoms with van der Waals surface area (Å²) in [6.45, 7) is 4.67. The molecule has 1 aliphatic heterocycles. The zero-order valence-corrected chi connectivity index (χ0v) is 17.8. The van der Waals surface area contributed by atoms with Crippen LogP contribution in [0.2, 0.25) is 0 Å². The molecule has 4 nitrogen and oxygen atoms in total. The lowest BCUT2D eigenvalue weighted by Gasteiger charge is -2.60. The molecule has 1 aromatic heterocycles. The Balaban J connectivity index is 1.62. The molecule has 3 aliphatic carbocycles. The number of hydrogen-bond acceptors (Lipinski definition) is 4. The van der Waals surface area contributed by atoms with E-state index in [0.717, 1.165) is 37.1 Å². The molecule has 5 heteroatoms. The van der Waals surface area contributed by atoms with E-state index in [1.165, 1.54) is 5.57 Å². The average molecular weight is 399 g/mol. The van der Waals surface area contributed by atoms with Crippen molar-refractivity contribution in [2.45, 2.75) is 58.1 Å². The maximum Gasteiger partial charge on any atom is 0.246 e. The summed E-state index contributed by atoms with van der Waals surface area (Å²) in [6.07, 6.45) is 13.2. The molecule has 1 N–H and O–H groups in total. The topological polar surface area (TPSA) is 53.4 Å². The van der Waals surface area contributed by atoms with Crippen molar-refractivity contribution >= 4 is 23.3 Å². The zero-order chi connectivity index (χ0) is 19.7. The minimum atomic E-state index is -0.165. The number of aromatic nitrogens is 1. The number of aliphatic hydroxyl groups is 1. The third-order valence-electron chi connectivity index (χ3n) is 8.68. The van der Waals surface area contributed by atoms with Gasteiger partial charge in [0.2, 0.25) is 5.91 Å². The first-order valence-electron chi connectivity index (χ1n) is 10.6. The molecule has 0 radical (unpaired) electrons. The number of carbonyl (C=O) groups excluding carboxylic acids is 1. The SMILES string of the molecule is CN1C(=O)C=C[C@]2(C)[C@H]3CC[C@]4(C)[C@@H](O)CC[C@H]4[C@@H]3CC(=Cc3nccs3)[C@@H]12. The van der Waals surface area contributed by atoms with Gasteiger partial charge in [0.15, 0.2) is 0 Å². The minimum absolute atomic E-state index is 0.0520. The molecule has 1 aromatic rings. The van der Waals surface area contributed by atoms with Gasteiger partial charge in [-0.1, -0.05) is 19.9 Å². The van der Waals surface area contributed by atoms with Crippen molar-refractivity contribution in [3.63, 3.8) is 0 Å². The molecule has 0 unspecified atom stereocenters. The highest BCUT2D eigenvalue weighted by atomic mass is 32.1. The highest BCUT2D eigenvalue weighted by Crippen LogP contribution is 2.64. The summed E-state index contributed by atoms with van der Waals surface area (Å²) < 4.78 is 0. The van der Waals surface area contributed by atoms with Gasteiger partial charge in [-0.3, -0.25) is 4.79 Å². The number of nitrogens with zero attached hydrogens (tertiary/aromatic N) is 2. The number of carbonyl (C=O) groups is 1. The number of amides is 1. The molecule has 0 bridgehead atoms. The van der Waals surface area contributed by atoms with Crippen molar-refractivity contribution in [1.82, 2.24) is 9.88 Å². The molecule has 2 heterocycles. The van der Waals surface area contributed by atoms with Crippen LogP contribution in [0.5, 0.6) is 0 Å². The Hall–Kier alpha value is -1.46. The van der Waals surface area contributed by atoms with Crippen molar-refractivity contribution in [3.8, 4) is 0 Å². The third kappa shape index (κ3) is 2.45. The van der Waals surface area contributed by atoms with Gasteiger partial charge in [0, 0.05) is 24.0 Å². The summed E-state index contributed by atoms with van der Waals surface area (Å²) in [5.74, 6) is 1.79. The summed E-state index contributed by atoms with van der Waals surface area (Å²) in [6, 6.07) is 0.103. The maximum atomic E-state index is 12.5. The lowest BCUT2D eigenvalue weighted by molar-refractivity contribution is -0.135. The zero-order valence-electron chi connectivity index (χ0n) is 17.0. The molecule has 4 aliphatic rings. The van der Waals surface area contributed by atoms with Crippen LogP contribution in [0, 0.1) is 28.6 Å². The fraction of sp³-hybridized carbons (Fsp3) is 0.652. The van der Waals surface area contributed by atoms with Gasteiger partial charge < -0.3 is 10.0 Å². The van der Waals surface area contributed by atoms with E-state index in [9.17, 15) is 9.90 Å². The van der Waals surface area contributed by atoms with Crippen LogP contribution >= 0.6 is 11.3 Å². The maximum absolute atomic E-state index is 12.5. The Morgan fingerprint density at radius 3 is 2.86 bits per heavy atom. The molecule has 3 saturated carbocycles. The van der Waals surface area contributed by atoms with Gasteiger partial charge in [-0.15, -0.1) is 11.3 Å². The van der Waals surface area contributed by atoms with Gasteiger partial charge in [-0.2, -0.15) is 0 Å². The Labute approximate surface area is 171 Å². The molecule has 28 heavy (non-hydrogen) atoms. The summed E-state index contributed by atoms with van der Waals surface area (Å²) in [5, 5.41) is 13.8. The number of fused-ring (bicyclic) bond motifs is 5. The fourth-order valence-corrected chi connectivity index (χ4v) is 7.88. The van der Waals surface area contributed by atoms with E-state index >= 15 is 0 Å². The van der Waals surface area contributed by atoms with Gasteiger partial charge >= 0.3 is 0 Å². The van der Waals surface area contributed by atoms with Crippen LogP contribution in [-0.2, 0) is 4.79 Å². The number of likely N-dealkylation sites (N-methyl/N-ethyl adjacent to an activating group) is 1. The molecular formula is C23H30N2O2S. The van der Waals surface area contributed by atoms with Crippen molar-refractivity contribution in [1.29, 1.82) is 0 Å². The van der Waals surface area contributed by atoms with E-state index in [4.69, 9.17) is 0 Å². The lowest BCUT2D eigenvalue weighted by Crippen LogP contribution is -2.60. The van der Waals surface area contributed by atoms with E-state index in [2.05, 4.69) is 31.0 Å². The van der Waals surface area contributed by atoms with E-state index < -0.39 is 0 Å². The Morgan fingerprint density at radius 2 is 2.11 bits per heavy atom. The number of aliphatic hydroxyl groups excluding tert-OH is 1. The van der Waals surface area contributed by atoms with Crippen LogP contribution < -0.4 is 0 Å². The van der Waals surface area contributed by atoms with Crippen LogP contribution in [0.1, 0.15) is 51.0 Å². The van der Waals surface area contributed by atoms with Crippen molar-refractivity contribution in [3.05, 3.63) is 34.3 Å². The first-order chi connectivity index (χ1) is 13.3. The molecule has 0 spiro atoms. The predicted molar refractivity (Wildman–Crippen MR) is 112 cm³/mol. The highest BCUT2D eigenvalue weighted by Gasteiger charge is 2.61. The summed E-state index contributed by atoms with van der Waals surface area (Å²) >= 11 is 1.66. The Bertz CT molecular complexity index is 847. The first kappa shape index (κ1) is 18.6. The summed E-state index contributed by atoms with van der Waals surface area (Å²) in [7, 11) is 1.96. The van der Waals surface area contributed by atoms with E-state index in [1.807, 2.05) is 23.5 Å². The summed E-state index contributed by atoms with van der Waals surface area (Å²) in [5.41, 5.74) is 1.34. The van der Waals surface area contributed by atoms with Crippen molar-refractivity contribution < 1.29 is 9.90 Å². The van der Waals surface area contributed by atoms with Crippen LogP contribution in [0.4, 0.5) is 0 Å². The number of hydrogen-bond donors (Lipinski definition) is 1. The monoisotopic (exact) mass is 398 g/mol. The van der Waals surface area contributed by atoms with Gasteiger partial charge in [0.25, 0.3) is 0 Å². The average Bonchev–Trinajstić information content (AvgIpc) is 3.27. The standard InChI is InChI=1S/C23H30N2O2S/c1-22-8-6-17-15(16(22)4-5-18(22)26)12-14(13-19-24-10-11-28-19)21-23(17,2)9-7-20(27)25(21)3/h7,9-11,13,15-18,21,26H,4-6,8,12H2,1-3H3/t15-,16-,17-,18-,21+,22-,23+/m0/s1. The molecule has 5 rings (SSSR count). The number of rotatable bonds is 1. The van der Waals surface area contributed by atoms with Gasteiger partial charge in [0.05, 0.1) is 12.1 Å². The van der Waals surface area contributed by atoms with Crippen LogP contribution in [0.3, 0.4) is 0 Å². The van der Waals surface area contributed by atoms with Crippen molar-refractivity contribution in [2.24, 2.45) is 28.6 Å². The van der Waals surface area contributed by atoms with Crippen molar-refractivity contribution in [2.75, 3.05) is 7.05 Å². The smallest absolute Gasteiger partial charge is 0.246 e. The fourth-order valence-electron chi connectivity index (χ4n) is 7.28. The van der Waals surface area contributed by atoms with Crippen LogP contribution in [-0.4, -0.2) is 40.1 Å². The molecule has 0 saturated heterocycles. The first-order valence-corrected chi connectivity index (χ1v) is 11.5. The lowest BCUT2D eigenvalue weighted by atomic mass is 9.47. The second kappa shape index (κ2) is 6.27. The molecule has 150 valence electrons. The Morgan fingerprint density at radius 1 is 1.29 bits per heavy atom. The van der Waals surface area contributed by atoms with E-state index in [1.54, 1.807) is 17.4 Å². The van der Waals surface area contributed by atoms with Gasteiger partial charge in [-0.05, 0) is 73.0 Å². The van der Waals surface area contributed by atoms with E-state index in [0.29, 0.717) is 17.8 Å². The van der Waals surface area contributed by atoms with Gasteiger partial charge in [0.1, 0.15) is 5.01 Å². The third-order valence-corrected chi connectivity index (χ3v) is 9.40. The van der Waals surface area contributed by atoms with Crippen LogP contribution in [0.15, 0.2) is 29.3 Å². The molecule has 3 fully saturated rings. The normalized spacial score (nSPS) is 46.4. The molecular weight excluding hydrogens is 368 g/mol. The highest BCUT2D eigenvalue weighted by molar-refractivity contribution is 7.10. The quantitative estimate of drug-likeness (QED) is 0.774. The second-order valence-electron chi connectivity index (χ2n) is 9.86. The molecule has 7 atom stereocenters. The summed E-state index contributed by atoms with van der Waals surface area (Å²) in [4.78, 5) is 19.0. The largest absolute Gasteiger partial charge is 0.393 e.